The SMILES string of the molecule is CCCCCCCCCCCCCOc1ccc2cc(OCc3ccc(C(=O)O[C@H](C)CCCCCC)cc3)ccc2c1. The van der Waals surface area contributed by atoms with Crippen molar-refractivity contribution in [2.45, 2.75) is 136 Å². The quantitative estimate of drug-likeness (QED) is 0.0816. The van der Waals surface area contributed by atoms with Gasteiger partial charge < -0.3 is 14.2 Å². The standard InChI is InChI=1S/C39H56O4/c1-4-6-8-10-11-12-13-14-15-16-18-28-41-37-26-24-36-30-38(27-25-35(36)29-37)42-31-33-20-22-34(23-21-33)39(40)43-32(3)19-17-9-7-5-2/h20-27,29-30,32H,4-19,28,31H2,1-3H3/t32-/m1/s1. The highest BCUT2D eigenvalue weighted by atomic mass is 16.5. The van der Waals surface area contributed by atoms with Crippen molar-refractivity contribution in [2.75, 3.05) is 6.61 Å². The number of benzene rings is 3. The zero-order chi connectivity index (χ0) is 30.5. The van der Waals surface area contributed by atoms with Crippen LogP contribution in [0.5, 0.6) is 11.5 Å². The normalized spacial score (nSPS) is 11.9. The summed E-state index contributed by atoms with van der Waals surface area (Å²) in [6, 6.07) is 19.9. The molecule has 0 N–H and O–H groups in total. The Morgan fingerprint density at radius 3 is 1.70 bits per heavy atom. The fraction of sp³-hybridized carbons (Fsp3) is 0.564. The number of rotatable bonds is 23. The van der Waals surface area contributed by atoms with E-state index >= 15 is 0 Å². The Kier molecular flexibility index (Phi) is 16.7. The van der Waals surface area contributed by atoms with E-state index in [0.717, 1.165) is 53.7 Å². The average Bonchev–Trinajstić information content (AvgIpc) is 3.02. The Hall–Kier alpha value is -3.01. The van der Waals surface area contributed by atoms with Gasteiger partial charge in [0, 0.05) is 0 Å². The molecular weight excluding hydrogens is 532 g/mol. The van der Waals surface area contributed by atoms with E-state index in [1.54, 1.807) is 0 Å². The monoisotopic (exact) mass is 588 g/mol. The molecule has 0 spiro atoms. The van der Waals surface area contributed by atoms with E-state index in [2.05, 4.69) is 44.2 Å². The predicted molar refractivity (Wildman–Crippen MR) is 180 cm³/mol. The summed E-state index contributed by atoms with van der Waals surface area (Å²) in [6.07, 6.45) is 20.3. The van der Waals surface area contributed by atoms with Gasteiger partial charge in [-0.15, -0.1) is 0 Å². The maximum absolute atomic E-state index is 12.5. The molecule has 0 unspecified atom stereocenters. The van der Waals surface area contributed by atoms with Gasteiger partial charge in [-0.2, -0.15) is 0 Å². The number of esters is 1. The number of ether oxygens (including phenoxy) is 3. The first-order valence-corrected chi connectivity index (χ1v) is 17.2. The second kappa shape index (κ2) is 20.8. The molecule has 3 aromatic carbocycles. The van der Waals surface area contributed by atoms with Gasteiger partial charge in [-0.3, -0.25) is 0 Å². The summed E-state index contributed by atoms with van der Waals surface area (Å²) in [5.41, 5.74) is 1.59. The van der Waals surface area contributed by atoms with Crippen LogP contribution < -0.4 is 9.47 Å². The van der Waals surface area contributed by atoms with Crippen LogP contribution in [-0.2, 0) is 11.3 Å². The molecule has 4 heteroatoms. The molecule has 4 nitrogen and oxygen atoms in total. The molecule has 0 fully saturated rings. The Morgan fingerprint density at radius 2 is 1.12 bits per heavy atom. The van der Waals surface area contributed by atoms with Gasteiger partial charge in [0.1, 0.15) is 18.1 Å². The van der Waals surface area contributed by atoms with Gasteiger partial charge in [-0.25, -0.2) is 4.79 Å². The molecule has 0 bridgehead atoms. The topological polar surface area (TPSA) is 44.8 Å². The molecule has 0 heterocycles. The Labute approximate surface area is 261 Å². The minimum atomic E-state index is -0.257. The maximum atomic E-state index is 12.5. The zero-order valence-corrected chi connectivity index (χ0v) is 27.2. The largest absolute Gasteiger partial charge is 0.494 e. The minimum Gasteiger partial charge on any atom is -0.494 e. The maximum Gasteiger partial charge on any atom is 0.338 e. The van der Waals surface area contributed by atoms with Gasteiger partial charge in [0.2, 0.25) is 0 Å². The van der Waals surface area contributed by atoms with Crippen molar-refractivity contribution in [3.05, 3.63) is 71.8 Å². The summed E-state index contributed by atoms with van der Waals surface area (Å²) >= 11 is 0. The smallest absolute Gasteiger partial charge is 0.338 e. The van der Waals surface area contributed by atoms with Gasteiger partial charge in [0.05, 0.1) is 18.3 Å². The third-order valence-electron chi connectivity index (χ3n) is 8.17. The molecule has 0 amide bonds. The van der Waals surface area contributed by atoms with Gasteiger partial charge in [0.15, 0.2) is 0 Å². The van der Waals surface area contributed by atoms with Crippen molar-refractivity contribution in [1.82, 2.24) is 0 Å². The summed E-state index contributed by atoms with van der Waals surface area (Å²) in [5, 5.41) is 2.27. The summed E-state index contributed by atoms with van der Waals surface area (Å²) < 4.78 is 17.7. The van der Waals surface area contributed by atoms with Crippen molar-refractivity contribution in [3.8, 4) is 11.5 Å². The molecule has 0 radical (unpaired) electrons. The first-order valence-electron chi connectivity index (χ1n) is 17.2. The Bertz CT molecular complexity index is 1170. The first-order chi connectivity index (χ1) is 21.1. The van der Waals surface area contributed by atoms with Crippen LogP contribution in [0, 0.1) is 0 Å². The number of carbonyl (C=O) groups is 1. The molecule has 0 aromatic heterocycles. The van der Waals surface area contributed by atoms with Crippen molar-refractivity contribution >= 4 is 16.7 Å². The lowest BCUT2D eigenvalue weighted by Gasteiger charge is -2.13. The third kappa shape index (κ3) is 13.9. The van der Waals surface area contributed by atoms with E-state index in [9.17, 15) is 4.79 Å². The van der Waals surface area contributed by atoms with E-state index in [-0.39, 0.29) is 12.1 Å². The highest BCUT2D eigenvalue weighted by Gasteiger charge is 2.12. The second-order valence-corrected chi connectivity index (χ2v) is 12.1. The molecular formula is C39H56O4. The van der Waals surface area contributed by atoms with Crippen LogP contribution in [0.2, 0.25) is 0 Å². The highest BCUT2D eigenvalue weighted by Crippen LogP contribution is 2.26. The highest BCUT2D eigenvalue weighted by molar-refractivity contribution is 5.89. The van der Waals surface area contributed by atoms with Crippen molar-refractivity contribution in [3.63, 3.8) is 0 Å². The van der Waals surface area contributed by atoms with Crippen molar-refractivity contribution in [2.24, 2.45) is 0 Å². The number of hydrogen-bond donors (Lipinski definition) is 0. The van der Waals surface area contributed by atoms with Crippen LogP contribution in [0.1, 0.15) is 139 Å². The summed E-state index contributed by atoms with van der Waals surface area (Å²) in [5.74, 6) is 1.49. The zero-order valence-electron chi connectivity index (χ0n) is 27.2. The number of carbonyl (C=O) groups excluding carboxylic acids is 1. The van der Waals surface area contributed by atoms with Crippen LogP contribution in [-0.4, -0.2) is 18.7 Å². The fourth-order valence-electron chi connectivity index (χ4n) is 5.41. The van der Waals surface area contributed by atoms with Crippen LogP contribution in [0.4, 0.5) is 0 Å². The van der Waals surface area contributed by atoms with E-state index in [1.165, 1.54) is 83.5 Å². The van der Waals surface area contributed by atoms with E-state index in [4.69, 9.17) is 14.2 Å². The van der Waals surface area contributed by atoms with E-state index in [1.807, 2.05) is 37.3 Å². The van der Waals surface area contributed by atoms with E-state index in [0.29, 0.717) is 12.2 Å². The number of fused-ring (bicyclic) bond motifs is 1. The number of hydrogen-bond acceptors (Lipinski definition) is 4. The molecule has 0 aliphatic heterocycles. The van der Waals surface area contributed by atoms with Crippen LogP contribution in [0.25, 0.3) is 10.8 Å². The van der Waals surface area contributed by atoms with Crippen LogP contribution in [0.15, 0.2) is 60.7 Å². The Balaban J connectivity index is 1.33. The lowest BCUT2D eigenvalue weighted by molar-refractivity contribution is 0.0319. The van der Waals surface area contributed by atoms with Crippen LogP contribution >= 0.6 is 0 Å². The fourth-order valence-corrected chi connectivity index (χ4v) is 5.41. The van der Waals surface area contributed by atoms with E-state index < -0.39 is 0 Å². The van der Waals surface area contributed by atoms with Gasteiger partial charge in [-0.05, 0) is 78.9 Å². The molecule has 1 atom stereocenters. The first kappa shape index (κ1) is 34.5. The molecule has 0 saturated heterocycles. The average molecular weight is 589 g/mol. The molecule has 43 heavy (non-hydrogen) atoms. The summed E-state index contributed by atoms with van der Waals surface area (Å²) in [7, 11) is 0. The molecule has 0 aliphatic rings. The predicted octanol–water partition coefficient (Wildman–Crippen LogP) is 11.6. The van der Waals surface area contributed by atoms with Gasteiger partial charge in [0.25, 0.3) is 0 Å². The van der Waals surface area contributed by atoms with Gasteiger partial charge in [-0.1, -0.05) is 122 Å². The van der Waals surface area contributed by atoms with Gasteiger partial charge >= 0.3 is 5.97 Å². The molecule has 0 saturated carbocycles. The lowest BCUT2D eigenvalue weighted by atomic mass is 10.1. The third-order valence-corrected chi connectivity index (χ3v) is 8.17. The Morgan fingerprint density at radius 1 is 0.605 bits per heavy atom. The second-order valence-electron chi connectivity index (χ2n) is 12.1. The molecule has 236 valence electrons. The molecule has 3 aromatic rings. The van der Waals surface area contributed by atoms with Crippen LogP contribution in [0.3, 0.4) is 0 Å². The summed E-state index contributed by atoms with van der Waals surface area (Å²) in [6.45, 7) is 7.67. The molecule has 3 rings (SSSR count). The number of unbranched alkanes of at least 4 members (excludes halogenated alkanes) is 13. The summed E-state index contributed by atoms with van der Waals surface area (Å²) in [4.78, 5) is 12.5. The van der Waals surface area contributed by atoms with Crippen molar-refractivity contribution < 1.29 is 19.0 Å². The lowest BCUT2D eigenvalue weighted by Crippen LogP contribution is -2.15. The minimum absolute atomic E-state index is 0.0581. The van der Waals surface area contributed by atoms with Crippen molar-refractivity contribution in [1.29, 1.82) is 0 Å². The molecule has 0 aliphatic carbocycles.